The number of anilines is 1. The Balaban J connectivity index is 1.50. The molecule has 35 heavy (non-hydrogen) atoms. The molecule has 9 nitrogen and oxygen atoms in total. The Morgan fingerprint density at radius 3 is 2.57 bits per heavy atom. The van der Waals surface area contributed by atoms with E-state index in [9.17, 15) is 13.7 Å². The highest BCUT2D eigenvalue weighted by Crippen LogP contribution is 2.37. The molecule has 0 aliphatic carbocycles. The first-order valence-electron chi connectivity index (χ1n) is 10.1. The van der Waals surface area contributed by atoms with Gasteiger partial charge < -0.3 is 9.15 Å². The van der Waals surface area contributed by atoms with Crippen LogP contribution in [-0.2, 0) is 10.0 Å². The summed E-state index contributed by atoms with van der Waals surface area (Å²) in [5.41, 5.74) is 3.06. The molecule has 1 N–H and O–H groups in total. The van der Waals surface area contributed by atoms with Crippen molar-refractivity contribution in [2.45, 2.75) is 4.90 Å². The van der Waals surface area contributed by atoms with Crippen molar-refractivity contribution in [3.63, 3.8) is 0 Å². The van der Waals surface area contributed by atoms with Crippen LogP contribution in [0, 0.1) is 11.3 Å². The van der Waals surface area contributed by atoms with Crippen molar-refractivity contribution in [3.8, 4) is 40.0 Å². The molecule has 0 aliphatic rings. The maximum atomic E-state index is 12.7. The second-order valence-corrected chi connectivity index (χ2v) is 9.71. The van der Waals surface area contributed by atoms with E-state index in [0.29, 0.717) is 17.0 Å². The van der Waals surface area contributed by atoms with Crippen molar-refractivity contribution in [2.24, 2.45) is 0 Å². The van der Waals surface area contributed by atoms with E-state index in [-0.39, 0.29) is 21.3 Å². The first kappa shape index (κ1) is 22.3. The van der Waals surface area contributed by atoms with Gasteiger partial charge in [0.05, 0.1) is 34.9 Å². The Morgan fingerprint density at radius 2 is 1.86 bits per heavy atom. The molecule has 4 heterocycles. The maximum absolute atomic E-state index is 12.7. The monoisotopic (exact) mass is 501 g/mol. The van der Waals surface area contributed by atoms with Crippen LogP contribution in [0.15, 0.2) is 94.5 Å². The molecule has 0 saturated heterocycles. The van der Waals surface area contributed by atoms with Gasteiger partial charge in [-0.2, -0.15) is 5.26 Å². The molecule has 0 bridgehead atoms. The van der Waals surface area contributed by atoms with Crippen LogP contribution in [0.25, 0.3) is 22.4 Å². The minimum Gasteiger partial charge on any atom is -0.472 e. The molecular formula is C24H15N5O4S2. The van der Waals surface area contributed by atoms with Crippen molar-refractivity contribution < 1.29 is 17.6 Å². The van der Waals surface area contributed by atoms with Crippen LogP contribution >= 0.6 is 11.3 Å². The molecule has 5 rings (SSSR count). The van der Waals surface area contributed by atoms with Gasteiger partial charge in [-0.1, -0.05) is 0 Å². The second-order valence-electron chi connectivity index (χ2n) is 7.13. The van der Waals surface area contributed by atoms with Crippen molar-refractivity contribution >= 4 is 26.5 Å². The average Bonchev–Trinajstić information content (AvgIpc) is 3.59. The fourth-order valence-corrected chi connectivity index (χ4v) is 5.08. The number of aromatic nitrogens is 3. The summed E-state index contributed by atoms with van der Waals surface area (Å²) in [5.74, 6) is 0.557. The van der Waals surface area contributed by atoms with Crippen molar-refractivity contribution in [2.75, 3.05) is 4.72 Å². The number of hydrogen-bond donors (Lipinski definition) is 1. The standard InChI is InChI=1S/C24H15N5O4S2/c25-13-18-11-19(35(30,31)29-24-27-8-10-34-24)1-2-22(18)33-23-14-28-21(16-3-6-26-7-4-16)12-20(23)17-5-9-32-15-17/h1-12,14-15H,(H,27,29). The quantitative estimate of drug-likeness (QED) is 0.317. The largest absolute Gasteiger partial charge is 0.472 e. The normalized spacial score (nSPS) is 11.1. The highest BCUT2D eigenvalue weighted by atomic mass is 32.2. The number of rotatable bonds is 7. The van der Waals surface area contributed by atoms with E-state index in [0.717, 1.165) is 22.5 Å². The number of pyridine rings is 2. The molecule has 0 saturated carbocycles. The number of ether oxygens (including phenoxy) is 1. The van der Waals surface area contributed by atoms with E-state index in [1.807, 2.05) is 24.3 Å². The van der Waals surface area contributed by atoms with Gasteiger partial charge in [-0.25, -0.2) is 13.4 Å². The first-order chi connectivity index (χ1) is 17.0. The maximum Gasteiger partial charge on any atom is 0.263 e. The summed E-state index contributed by atoms with van der Waals surface area (Å²) in [6.45, 7) is 0. The Labute approximate surface area is 204 Å². The van der Waals surface area contributed by atoms with E-state index in [1.165, 1.54) is 24.4 Å². The molecule has 11 heteroatoms. The minimum absolute atomic E-state index is 0.0448. The molecular weight excluding hydrogens is 486 g/mol. The number of sulfonamides is 1. The Morgan fingerprint density at radius 1 is 1.00 bits per heavy atom. The summed E-state index contributed by atoms with van der Waals surface area (Å²) in [6.07, 6.45) is 9.51. The molecule has 0 fully saturated rings. The average molecular weight is 502 g/mol. The zero-order valence-electron chi connectivity index (χ0n) is 17.8. The molecule has 0 radical (unpaired) electrons. The fourth-order valence-electron chi connectivity index (χ4n) is 3.27. The van der Waals surface area contributed by atoms with Crippen LogP contribution in [0.3, 0.4) is 0 Å². The minimum atomic E-state index is -3.92. The third kappa shape index (κ3) is 4.74. The van der Waals surface area contributed by atoms with Crippen LogP contribution in [0.5, 0.6) is 11.5 Å². The summed E-state index contributed by atoms with van der Waals surface area (Å²) >= 11 is 1.15. The van der Waals surface area contributed by atoms with Gasteiger partial charge in [-0.05, 0) is 42.5 Å². The lowest BCUT2D eigenvalue weighted by molar-refractivity contribution is 0.480. The number of thiazole rings is 1. The van der Waals surface area contributed by atoms with Crippen molar-refractivity contribution in [1.82, 2.24) is 15.0 Å². The van der Waals surface area contributed by atoms with E-state index >= 15 is 0 Å². The van der Waals surface area contributed by atoms with Gasteiger partial charge in [-0.15, -0.1) is 11.3 Å². The summed E-state index contributed by atoms with van der Waals surface area (Å²) in [5, 5.41) is 11.6. The third-order valence-electron chi connectivity index (χ3n) is 4.93. The van der Waals surface area contributed by atoms with Gasteiger partial charge in [0.25, 0.3) is 10.0 Å². The summed E-state index contributed by atoms with van der Waals surface area (Å²) < 4.78 is 39.1. The predicted octanol–water partition coefficient (Wildman–Crippen LogP) is 5.32. The van der Waals surface area contributed by atoms with Crippen LogP contribution in [0.1, 0.15) is 5.56 Å². The Hall–Kier alpha value is -4.53. The summed E-state index contributed by atoms with van der Waals surface area (Å²) in [7, 11) is -3.92. The van der Waals surface area contributed by atoms with Gasteiger partial charge in [0.15, 0.2) is 10.9 Å². The first-order valence-corrected chi connectivity index (χ1v) is 12.5. The SMILES string of the molecule is N#Cc1cc(S(=O)(=O)Nc2nccs2)ccc1Oc1cnc(-c2ccncc2)cc1-c1ccoc1. The molecule has 4 aromatic heterocycles. The Kier molecular flexibility index (Phi) is 5.97. The molecule has 5 aromatic rings. The van der Waals surface area contributed by atoms with E-state index in [1.54, 1.807) is 42.6 Å². The molecule has 0 spiro atoms. The third-order valence-corrected chi connectivity index (χ3v) is 7.09. The predicted molar refractivity (Wildman–Crippen MR) is 129 cm³/mol. The lowest BCUT2D eigenvalue weighted by Gasteiger charge is -2.13. The molecule has 0 atom stereocenters. The molecule has 0 unspecified atom stereocenters. The van der Waals surface area contributed by atoms with Gasteiger partial charge in [0.1, 0.15) is 11.8 Å². The summed E-state index contributed by atoms with van der Waals surface area (Å²) in [6, 6.07) is 13.4. The number of nitriles is 1. The number of nitrogens with one attached hydrogen (secondary N) is 1. The molecule has 0 amide bonds. The van der Waals surface area contributed by atoms with Crippen molar-refractivity contribution in [3.05, 3.63) is 90.7 Å². The highest BCUT2D eigenvalue weighted by Gasteiger charge is 2.19. The molecule has 0 aliphatic heterocycles. The van der Waals surface area contributed by atoms with Crippen molar-refractivity contribution in [1.29, 1.82) is 5.26 Å². The number of nitrogens with zero attached hydrogens (tertiary/aromatic N) is 4. The van der Waals surface area contributed by atoms with Crippen LogP contribution < -0.4 is 9.46 Å². The Bertz CT molecular complexity index is 1610. The van der Waals surface area contributed by atoms with E-state index in [2.05, 4.69) is 19.7 Å². The number of benzene rings is 1. The van der Waals surface area contributed by atoms with Gasteiger partial charge >= 0.3 is 0 Å². The number of furan rings is 1. The van der Waals surface area contributed by atoms with Gasteiger partial charge in [-0.3, -0.25) is 14.7 Å². The van der Waals surface area contributed by atoms with Crippen LogP contribution in [0.2, 0.25) is 0 Å². The second kappa shape index (κ2) is 9.38. The molecule has 172 valence electrons. The van der Waals surface area contributed by atoms with E-state index in [4.69, 9.17) is 9.15 Å². The zero-order valence-corrected chi connectivity index (χ0v) is 19.5. The fraction of sp³-hybridized carbons (Fsp3) is 0. The van der Waals surface area contributed by atoms with Gasteiger partial charge in [0.2, 0.25) is 0 Å². The van der Waals surface area contributed by atoms with Crippen LogP contribution in [-0.4, -0.2) is 23.4 Å². The topological polar surface area (TPSA) is 131 Å². The molecule has 1 aromatic carbocycles. The summed E-state index contributed by atoms with van der Waals surface area (Å²) in [4.78, 5) is 12.4. The highest BCUT2D eigenvalue weighted by molar-refractivity contribution is 7.93. The lowest BCUT2D eigenvalue weighted by atomic mass is 10.1. The van der Waals surface area contributed by atoms with E-state index < -0.39 is 10.0 Å². The van der Waals surface area contributed by atoms with Gasteiger partial charge in [0, 0.05) is 40.7 Å². The lowest BCUT2D eigenvalue weighted by Crippen LogP contribution is -2.13. The number of hydrogen-bond acceptors (Lipinski definition) is 9. The van der Waals surface area contributed by atoms with Crippen LogP contribution in [0.4, 0.5) is 5.13 Å². The zero-order chi connectivity index (χ0) is 24.3. The smallest absolute Gasteiger partial charge is 0.263 e.